The van der Waals surface area contributed by atoms with Crippen LogP contribution in [0.25, 0.3) is 0 Å². The van der Waals surface area contributed by atoms with Crippen LogP contribution in [0.1, 0.15) is 31.1 Å². The maximum absolute atomic E-state index is 13.5. The van der Waals surface area contributed by atoms with E-state index in [9.17, 15) is 18.4 Å². The predicted molar refractivity (Wildman–Crippen MR) is 76.1 cm³/mol. The summed E-state index contributed by atoms with van der Waals surface area (Å²) in [5.41, 5.74) is -0.167. The molecular weight excluding hydrogens is 278 g/mol. The number of carbonyl (C=O) groups is 2. The first-order valence-electron chi connectivity index (χ1n) is 6.83. The Morgan fingerprint density at radius 2 is 1.90 bits per heavy atom. The van der Waals surface area contributed by atoms with Gasteiger partial charge in [-0.3, -0.25) is 14.5 Å². The molecule has 0 aliphatic carbocycles. The van der Waals surface area contributed by atoms with Gasteiger partial charge in [0.15, 0.2) is 5.78 Å². The van der Waals surface area contributed by atoms with Crippen LogP contribution in [-0.2, 0) is 4.79 Å². The van der Waals surface area contributed by atoms with Gasteiger partial charge in [0.05, 0.1) is 18.7 Å². The van der Waals surface area contributed by atoms with E-state index in [1.807, 2.05) is 13.8 Å². The lowest BCUT2D eigenvalue weighted by Crippen LogP contribution is -2.42. The SMILES string of the molecule is CCN(CC(=O)NC(C)C)CC(=O)c1ccc(F)cc1F. The summed E-state index contributed by atoms with van der Waals surface area (Å²) in [7, 11) is 0. The molecule has 1 rings (SSSR count). The minimum Gasteiger partial charge on any atom is -0.353 e. The molecular formula is C15H20F2N2O2. The molecule has 0 unspecified atom stereocenters. The van der Waals surface area contributed by atoms with E-state index in [2.05, 4.69) is 5.32 Å². The Bertz CT molecular complexity index is 518. The maximum Gasteiger partial charge on any atom is 0.234 e. The molecule has 0 saturated heterocycles. The fraction of sp³-hybridized carbons (Fsp3) is 0.467. The topological polar surface area (TPSA) is 49.4 Å². The Kier molecular flexibility index (Phi) is 6.42. The molecule has 1 amide bonds. The molecule has 0 atom stereocenters. The average Bonchev–Trinajstić information content (AvgIpc) is 2.36. The number of amides is 1. The zero-order valence-corrected chi connectivity index (χ0v) is 12.5. The Morgan fingerprint density at radius 3 is 2.43 bits per heavy atom. The Labute approximate surface area is 123 Å². The summed E-state index contributed by atoms with van der Waals surface area (Å²) in [6.07, 6.45) is 0. The van der Waals surface area contributed by atoms with E-state index >= 15 is 0 Å². The Morgan fingerprint density at radius 1 is 1.24 bits per heavy atom. The average molecular weight is 298 g/mol. The third-order valence-corrected chi connectivity index (χ3v) is 2.86. The minimum absolute atomic E-state index is 0.0152. The standard InChI is InChI=1S/C15H20F2N2O2/c1-4-19(9-15(21)18-10(2)3)8-14(20)12-6-5-11(16)7-13(12)17/h5-7,10H,4,8-9H2,1-3H3,(H,18,21). The lowest BCUT2D eigenvalue weighted by molar-refractivity contribution is -0.122. The lowest BCUT2D eigenvalue weighted by Gasteiger charge is -2.20. The molecule has 1 aromatic rings. The first-order valence-corrected chi connectivity index (χ1v) is 6.83. The zero-order valence-electron chi connectivity index (χ0n) is 12.5. The van der Waals surface area contributed by atoms with Gasteiger partial charge in [0.25, 0.3) is 0 Å². The molecule has 116 valence electrons. The van der Waals surface area contributed by atoms with Crippen LogP contribution in [0.3, 0.4) is 0 Å². The van der Waals surface area contributed by atoms with Gasteiger partial charge in [-0.1, -0.05) is 6.92 Å². The summed E-state index contributed by atoms with van der Waals surface area (Å²) in [5, 5.41) is 2.72. The van der Waals surface area contributed by atoms with E-state index in [4.69, 9.17) is 0 Å². The molecule has 0 saturated carbocycles. The van der Waals surface area contributed by atoms with E-state index in [0.717, 1.165) is 12.1 Å². The fourth-order valence-corrected chi connectivity index (χ4v) is 1.85. The number of likely N-dealkylation sites (N-methyl/N-ethyl adjacent to an activating group) is 1. The van der Waals surface area contributed by atoms with Crippen molar-refractivity contribution in [3.05, 3.63) is 35.4 Å². The third-order valence-electron chi connectivity index (χ3n) is 2.86. The van der Waals surface area contributed by atoms with Gasteiger partial charge < -0.3 is 5.32 Å². The van der Waals surface area contributed by atoms with E-state index in [1.54, 1.807) is 11.8 Å². The van der Waals surface area contributed by atoms with Crippen molar-refractivity contribution in [2.45, 2.75) is 26.8 Å². The highest BCUT2D eigenvalue weighted by molar-refractivity contribution is 5.98. The number of Topliss-reactive ketones (excluding diaryl/α,β-unsaturated/α-hetero) is 1. The molecule has 0 aromatic heterocycles. The third kappa shape index (κ3) is 5.59. The molecule has 0 aliphatic heterocycles. The molecule has 0 fully saturated rings. The van der Waals surface area contributed by atoms with Crippen molar-refractivity contribution in [3.63, 3.8) is 0 Å². The first-order chi connectivity index (χ1) is 9.83. The highest BCUT2D eigenvalue weighted by atomic mass is 19.1. The van der Waals surface area contributed by atoms with Gasteiger partial charge in [-0.15, -0.1) is 0 Å². The summed E-state index contributed by atoms with van der Waals surface area (Å²) in [4.78, 5) is 25.3. The van der Waals surface area contributed by atoms with Crippen molar-refractivity contribution in [1.29, 1.82) is 0 Å². The van der Waals surface area contributed by atoms with Crippen LogP contribution in [0.2, 0.25) is 0 Å². The summed E-state index contributed by atoms with van der Waals surface area (Å²) >= 11 is 0. The smallest absolute Gasteiger partial charge is 0.234 e. The van der Waals surface area contributed by atoms with Gasteiger partial charge >= 0.3 is 0 Å². The number of halogens is 2. The molecule has 0 spiro atoms. The molecule has 1 N–H and O–H groups in total. The quantitative estimate of drug-likeness (QED) is 0.783. The first kappa shape index (κ1) is 17.2. The monoisotopic (exact) mass is 298 g/mol. The van der Waals surface area contributed by atoms with Crippen LogP contribution in [0.5, 0.6) is 0 Å². The largest absolute Gasteiger partial charge is 0.353 e. The van der Waals surface area contributed by atoms with Crippen LogP contribution in [-0.4, -0.2) is 42.3 Å². The van der Waals surface area contributed by atoms with Crippen molar-refractivity contribution in [2.75, 3.05) is 19.6 Å². The molecule has 0 bridgehead atoms. The fourth-order valence-electron chi connectivity index (χ4n) is 1.85. The van der Waals surface area contributed by atoms with Gasteiger partial charge in [-0.2, -0.15) is 0 Å². The summed E-state index contributed by atoms with van der Waals surface area (Å²) < 4.78 is 26.3. The summed E-state index contributed by atoms with van der Waals surface area (Å²) in [6, 6.07) is 2.85. The number of rotatable bonds is 7. The van der Waals surface area contributed by atoms with Gasteiger partial charge in [-0.25, -0.2) is 8.78 Å². The van der Waals surface area contributed by atoms with Crippen molar-refractivity contribution >= 4 is 11.7 Å². The second-order valence-electron chi connectivity index (χ2n) is 5.07. The number of carbonyl (C=O) groups excluding carboxylic acids is 2. The van der Waals surface area contributed by atoms with Crippen molar-refractivity contribution in [3.8, 4) is 0 Å². The van der Waals surface area contributed by atoms with Crippen LogP contribution in [0.15, 0.2) is 18.2 Å². The molecule has 1 aromatic carbocycles. The van der Waals surface area contributed by atoms with Gasteiger partial charge in [0.1, 0.15) is 11.6 Å². The zero-order chi connectivity index (χ0) is 16.0. The predicted octanol–water partition coefficient (Wildman–Crippen LogP) is 1.99. The molecule has 4 nitrogen and oxygen atoms in total. The van der Waals surface area contributed by atoms with Crippen molar-refractivity contribution in [2.24, 2.45) is 0 Å². The van der Waals surface area contributed by atoms with E-state index in [1.165, 1.54) is 0 Å². The Hall–Kier alpha value is -1.82. The van der Waals surface area contributed by atoms with Crippen LogP contribution in [0, 0.1) is 11.6 Å². The van der Waals surface area contributed by atoms with E-state index < -0.39 is 17.4 Å². The molecule has 0 aliphatic rings. The minimum atomic E-state index is -0.886. The number of ketones is 1. The summed E-state index contributed by atoms with van der Waals surface area (Å²) in [5.74, 6) is -2.29. The van der Waals surface area contributed by atoms with Crippen LogP contribution < -0.4 is 5.32 Å². The van der Waals surface area contributed by atoms with Crippen LogP contribution >= 0.6 is 0 Å². The number of nitrogens with zero attached hydrogens (tertiary/aromatic N) is 1. The van der Waals surface area contributed by atoms with Crippen molar-refractivity contribution < 1.29 is 18.4 Å². The van der Waals surface area contributed by atoms with E-state index in [0.29, 0.717) is 12.6 Å². The highest BCUT2D eigenvalue weighted by Crippen LogP contribution is 2.11. The number of hydrogen-bond donors (Lipinski definition) is 1. The molecule has 6 heteroatoms. The highest BCUT2D eigenvalue weighted by Gasteiger charge is 2.17. The second kappa shape index (κ2) is 7.83. The second-order valence-corrected chi connectivity index (χ2v) is 5.07. The maximum atomic E-state index is 13.5. The Balaban J connectivity index is 2.68. The normalized spacial score (nSPS) is 11.0. The van der Waals surface area contributed by atoms with E-state index in [-0.39, 0.29) is 30.6 Å². The number of hydrogen-bond acceptors (Lipinski definition) is 3. The lowest BCUT2D eigenvalue weighted by atomic mass is 10.1. The van der Waals surface area contributed by atoms with Crippen molar-refractivity contribution in [1.82, 2.24) is 10.2 Å². The van der Waals surface area contributed by atoms with Gasteiger partial charge in [-0.05, 0) is 32.5 Å². The van der Waals surface area contributed by atoms with Gasteiger partial charge in [0.2, 0.25) is 5.91 Å². The molecule has 0 heterocycles. The van der Waals surface area contributed by atoms with Gasteiger partial charge in [0, 0.05) is 12.1 Å². The van der Waals surface area contributed by atoms with Crippen LogP contribution in [0.4, 0.5) is 8.78 Å². The molecule has 0 radical (unpaired) electrons. The number of nitrogens with one attached hydrogen (secondary N) is 1. The summed E-state index contributed by atoms with van der Waals surface area (Å²) in [6.45, 7) is 5.92. The molecule has 21 heavy (non-hydrogen) atoms. The number of benzene rings is 1.